The van der Waals surface area contributed by atoms with Gasteiger partial charge in [-0.25, -0.2) is 0 Å². The first-order valence-corrected chi connectivity index (χ1v) is 7.69. The third-order valence-electron chi connectivity index (χ3n) is 3.27. The summed E-state index contributed by atoms with van der Waals surface area (Å²) in [6, 6.07) is 3.42. The number of furan rings is 1. The van der Waals surface area contributed by atoms with Crippen LogP contribution in [0.15, 0.2) is 21.2 Å². The highest BCUT2D eigenvalue weighted by molar-refractivity contribution is 9.10. The van der Waals surface area contributed by atoms with E-state index in [1.165, 1.54) is 0 Å². The van der Waals surface area contributed by atoms with E-state index in [9.17, 15) is 9.59 Å². The van der Waals surface area contributed by atoms with Crippen molar-refractivity contribution in [2.75, 3.05) is 13.1 Å². The lowest BCUT2D eigenvalue weighted by Crippen LogP contribution is -2.47. The summed E-state index contributed by atoms with van der Waals surface area (Å²) < 4.78 is 5.80. The van der Waals surface area contributed by atoms with E-state index in [4.69, 9.17) is 16.0 Å². The van der Waals surface area contributed by atoms with Crippen LogP contribution in [0.4, 0.5) is 0 Å². The number of alkyl halides is 1. The summed E-state index contributed by atoms with van der Waals surface area (Å²) in [6.07, 6.45) is 1.45. The van der Waals surface area contributed by atoms with Crippen LogP contribution in [0.1, 0.15) is 30.3 Å². The number of nitrogens with zero attached hydrogens (tertiary/aromatic N) is 1. The van der Waals surface area contributed by atoms with Gasteiger partial charge in [-0.3, -0.25) is 9.59 Å². The summed E-state index contributed by atoms with van der Waals surface area (Å²) in [6.45, 7) is 2.84. The van der Waals surface area contributed by atoms with Gasteiger partial charge in [0.15, 0.2) is 10.4 Å². The van der Waals surface area contributed by atoms with Gasteiger partial charge >= 0.3 is 0 Å². The number of rotatable bonds is 3. The molecule has 7 heteroatoms. The maximum absolute atomic E-state index is 12.2. The van der Waals surface area contributed by atoms with E-state index >= 15 is 0 Å². The van der Waals surface area contributed by atoms with Gasteiger partial charge in [0.1, 0.15) is 5.38 Å². The number of carbonyl (C=O) groups is 2. The number of nitrogens with one attached hydrogen (secondary N) is 1. The summed E-state index contributed by atoms with van der Waals surface area (Å²) >= 11 is 8.89. The Morgan fingerprint density at radius 3 is 2.60 bits per heavy atom. The van der Waals surface area contributed by atoms with Gasteiger partial charge in [0.25, 0.3) is 5.91 Å². The zero-order chi connectivity index (χ0) is 14.7. The third kappa shape index (κ3) is 3.76. The number of amides is 2. The number of likely N-dealkylation sites (tertiary alicyclic amines) is 1. The van der Waals surface area contributed by atoms with Crippen LogP contribution in [0.2, 0.25) is 0 Å². The van der Waals surface area contributed by atoms with Crippen LogP contribution >= 0.6 is 27.5 Å². The molecule has 20 heavy (non-hydrogen) atoms. The van der Waals surface area contributed by atoms with E-state index in [2.05, 4.69) is 21.2 Å². The molecule has 0 spiro atoms. The van der Waals surface area contributed by atoms with Gasteiger partial charge in [-0.15, -0.1) is 11.6 Å². The van der Waals surface area contributed by atoms with Crippen molar-refractivity contribution < 1.29 is 14.0 Å². The Morgan fingerprint density at radius 2 is 2.10 bits per heavy atom. The van der Waals surface area contributed by atoms with Crippen LogP contribution in [0.5, 0.6) is 0 Å². The van der Waals surface area contributed by atoms with Crippen molar-refractivity contribution in [1.29, 1.82) is 0 Å². The Balaban J connectivity index is 1.85. The van der Waals surface area contributed by atoms with Crippen molar-refractivity contribution in [2.24, 2.45) is 0 Å². The van der Waals surface area contributed by atoms with Crippen molar-refractivity contribution in [3.05, 3.63) is 22.6 Å². The molecule has 110 valence electrons. The first-order valence-electron chi connectivity index (χ1n) is 6.46. The Kier molecular flexibility index (Phi) is 5.10. The lowest BCUT2D eigenvalue weighted by atomic mass is 10.0. The predicted molar refractivity (Wildman–Crippen MR) is 78.8 cm³/mol. The second kappa shape index (κ2) is 6.63. The molecule has 1 aromatic heterocycles. The molecule has 1 unspecified atom stereocenters. The molecule has 0 aromatic carbocycles. The molecule has 2 heterocycles. The van der Waals surface area contributed by atoms with Gasteiger partial charge in [-0.05, 0) is 47.8 Å². The Labute approximate surface area is 130 Å². The van der Waals surface area contributed by atoms with Gasteiger partial charge in [0, 0.05) is 19.1 Å². The van der Waals surface area contributed by atoms with E-state index in [1.54, 1.807) is 24.0 Å². The first kappa shape index (κ1) is 15.4. The fourth-order valence-electron chi connectivity index (χ4n) is 2.13. The monoisotopic (exact) mass is 362 g/mol. The predicted octanol–water partition coefficient (Wildman–Crippen LogP) is 2.39. The SMILES string of the molecule is CC(Cl)C(=O)NC1CCN(C(=O)c2ccc(Br)o2)CC1. The van der Waals surface area contributed by atoms with Crippen LogP contribution in [-0.2, 0) is 4.79 Å². The van der Waals surface area contributed by atoms with E-state index in [-0.39, 0.29) is 17.9 Å². The van der Waals surface area contributed by atoms with Gasteiger partial charge in [-0.1, -0.05) is 0 Å². The maximum atomic E-state index is 12.2. The zero-order valence-corrected chi connectivity index (χ0v) is 13.4. The van der Waals surface area contributed by atoms with Gasteiger partial charge in [-0.2, -0.15) is 0 Å². The normalized spacial score (nSPS) is 17.9. The smallest absolute Gasteiger partial charge is 0.289 e. The van der Waals surface area contributed by atoms with Crippen LogP contribution in [0.25, 0.3) is 0 Å². The van der Waals surface area contributed by atoms with Crippen LogP contribution in [0, 0.1) is 0 Å². The number of halogens is 2. The van der Waals surface area contributed by atoms with Crippen molar-refractivity contribution in [3.63, 3.8) is 0 Å². The van der Waals surface area contributed by atoms with Crippen LogP contribution in [-0.4, -0.2) is 41.2 Å². The summed E-state index contributed by atoms with van der Waals surface area (Å²) in [7, 11) is 0. The summed E-state index contributed by atoms with van der Waals surface area (Å²) in [5, 5.41) is 2.35. The standard InChI is InChI=1S/C13H16BrClN2O3/c1-8(15)12(18)16-9-4-6-17(7-5-9)13(19)10-2-3-11(14)20-10/h2-3,8-9H,4-7H2,1H3,(H,16,18). The molecule has 1 aromatic rings. The minimum absolute atomic E-state index is 0.0797. The third-order valence-corrected chi connectivity index (χ3v) is 3.90. The van der Waals surface area contributed by atoms with E-state index in [0.29, 0.717) is 23.5 Å². The molecule has 1 aliphatic heterocycles. The largest absolute Gasteiger partial charge is 0.444 e. The number of piperidine rings is 1. The Hall–Kier alpha value is -1.01. The van der Waals surface area contributed by atoms with Crippen LogP contribution < -0.4 is 5.32 Å². The van der Waals surface area contributed by atoms with E-state index in [1.807, 2.05) is 0 Å². The average Bonchev–Trinajstić information content (AvgIpc) is 2.85. The van der Waals surface area contributed by atoms with Crippen molar-refractivity contribution in [2.45, 2.75) is 31.2 Å². The quantitative estimate of drug-likeness (QED) is 0.839. The van der Waals surface area contributed by atoms with Gasteiger partial charge in [0.05, 0.1) is 0 Å². The molecular formula is C13H16BrClN2O3. The molecule has 0 aliphatic carbocycles. The van der Waals surface area contributed by atoms with Gasteiger partial charge in [0.2, 0.25) is 5.91 Å². The van der Waals surface area contributed by atoms with E-state index < -0.39 is 5.38 Å². The molecule has 0 bridgehead atoms. The highest BCUT2D eigenvalue weighted by Crippen LogP contribution is 2.18. The molecule has 2 rings (SSSR count). The molecule has 1 atom stereocenters. The second-order valence-electron chi connectivity index (χ2n) is 4.79. The second-order valence-corrected chi connectivity index (χ2v) is 6.23. The van der Waals surface area contributed by atoms with Crippen molar-refractivity contribution in [1.82, 2.24) is 10.2 Å². The van der Waals surface area contributed by atoms with Crippen molar-refractivity contribution >= 4 is 39.3 Å². The van der Waals surface area contributed by atoms with Gasteiger partial charge < -0.3 is 14.6 Å². The lowest BCUT2D eigenvalue weighted by molar-refractivity contribution is -0.121. The average molecular weight is 364 g/mol. The summed E-state index contributed by atoms with van der Waals surface area (Å²) in [5.41, 5.74) is 0. The Bertz CT molecular complexity index is 496. The maximum Gasteiger partial charge on any atom is 0.289 e. The number of hydrogen-bond acceptors (Lipinski definition) is 3. The lowest BCUT2D eigenvalue weighted by Gasteiger charge is -2.32. The molecular weight excluding hydrogens is 348 g/mol. The minimum Gasteiger partial charge on any atom is -0.444 e. The zero-order valence-electron chi connectivity index (χ0n) is 11.1. The Morgan fingerprint density at radius 1 is 1.45 bits per heavy atom. The summed E-state index contributed by atoms with van der Waals surface area (Å²) in [5.74, 6) is 0.0475. The fourth-order valence-corrected chi connectivity index (χ4v) is 2.50. The molecule has 2 amide bonds. The first-order chi connectivity index (χ1) is 9.47. The molecule has 1 aliphatic rings. The number of carbonyl (C=O) groups excluding carboxylic acids is 2. The summed E-state index contributed by atoms with van der Waals surface area (Å²) in [4.78, 5) is 25.4. The molecule has 0 radical (unpaired) electrons. The molecule has 1 saturated heterocycles. The van der Waals surface area contributed by atoms with E-state index in [0.717, 1.165) is 12.8 Å². The fraction of sp³-hybridized carbons (Fsp3) is 0.538. The van der Waals surface area contributed by atoms with Crippen LogP contribution in [0.3, 0.4) is 0 Å². The molecule has 1 N–H and O–H groups in total. The molecule has 5 nitrogen and oxygen atoms in total. The molecule has 1 fully saturated rings. The van der Waals surface area contributed by atoms with Crippen molar-refractivity contribution in [3.8, 4) is 0 Å². The topological polar surface area (TPSA) is 62.6 Å². The minimum atomic E-state index is -0.532. The molecule has 0 saturated carbocycles. The highest BCUT2D eigenvalue weighted by atomic mass is 79.9. The number of hydrogen-bond donors (Lipinski definition) is 1. The highest BCUT2D eigenvalue weighted by Gasteiger charge is 2.26.